The van der Waals surface area contributed by atoms with Gasteiger partial charge in [-0.2, -0.15) is 31.4 Å². The first kappa shape index (κ1) is 31.4. The summed E-state index contributed by atoms with van der Waals surface area (Å²) in [6, 6.07) is 5.98. The molecule has 0 bridgehead atoms. The lowest BCUT2D eigenvalue weighted by Gasteiger charge is -2.47. The molecule has 2 aliphatic heterocycles. The highest BCUT2D eigenvalue weighted by atomic mass is 32.2. The number of aryl methyl sites for hydroxylation is 1. The molecule has 0 aliphatic carbocycles. The molecule has 2 aromatic rings. The lowest BCUT2D eigenvalue weighted by atomic mass is 9.92. The van der Waals surface area contributed by atoms with E-state index >= 15 is 0 Å². The van der Waals surface area contributed by atoms with Crippen LogP contribution in [-0.4, -0.2) is 83.9 Å². The Bertz CT molecular complexity index is 1020. The molecule has 0 amide bonds. The van der Waals surface area contributed by atoms with Crippen molar-refractivity contribution in [3.05, 3.63) is 48.0 Å². The van der Waals surface area contributed by atoms with Crippen LogP contribution in [0.15, 0.2) is 36.8 Å². The van der Waals surface area contributed by atoms with Crippen molar-refractivity contribution in [2.24, 2.45) is 0 Å². The van der Waals surface area contributed by atoms with Crippen LogP contribution in [0.5, 0.6) is 0 Å². The van der Waals surface area contributed by atoms with Gasteiger partial charge in [0.1, 0.15) is 0 Å². The second kappa shape index (κ2) is 13.3. The summed E-state index contributed by atoms with van der Waals surface area (Å²) < 4.78 is 72.0. The lowest BCUT2D eigenvalue weighted by molar-refractivity contribution is -0.193. The molecule has 1 spiro atoms. The van der Waals surface area contributed by atoms with E-state index in [9.17, 15) is 26.3 Å². The molecule has 0 aromatic carbocycles. The van der Waals surface area contributed by atoms with E-state index in [0.717, 1.165) is 31.0 Å². The van der Waals surface area contributed by atoms with Gasteiger partial charge in [-0.05, 0) is 25.5 Å². The zero-order valence-electron chi connectivity index (χ0n) is 20.1. The summed E-state index contributed by atoms with van der Waals surface area (Å²) in [6.45, 7) is 7.03. The predicted molar refractivity (Wildman–Crippen MR) is 123 cm³/mol. The Morgan fingerprint density at radius 3 is 2.21 bits per heavy atom. The standard InChI is InChI=1S/C18H24N4OS.2C2HF3O2/c1-2-22-10-15(8-20-22)9-21-13-18(14-21)7-17(12-24-18)23-11-16-5-3-4-6-19-16;2*3-2(4,5)1(6)7/h3-6,8,10,17H,2,7,9,11-14H2,1H3;2*(H,6,7). The minimum atomic E-state index is -5.08. The molecular formula is C22H26F6N4O5S. The molecule has 2 N–H and O–H groups in total. The van der Waals surface area contributed by atoms with Gasteiger partial charge in [-0.25, -0.2) is 9.59 Å². The van der Waals surface area contributed by atoms with Crippen LogP contribution in [0.4, 0.5) is 26.3 Å². The number of carboxylic acid groups (broad SMARTS) is 2. The van der Waals surface area contributed by atoms with Crippen LogP contribution in [0.25, 0.3) is 0 Å². The van der Waals surface area contributed by atoms with Gasteiger partial charge >= 0.3 is 24.3 Å². The number of likely N-dealkylation sites (tertiary alicyclic amines) is 1. The minimum absolute atomic E-state index is 0.363. The van der Waals surface area contributed by atoms with Gasteiger partial charge in [-0.1, -0.05) is 6.07 Å². The number of hydrogen-bond acceptors (Lipinski definition) is 7. The molecule has 1 atom stereocenters. The third kappa shape index (κ3) is 10.1. The third-order valence-electron chi connectivity index (χ3n) is 5.29. The number of halogens is 6. The second-order valence-electron chi connectivity index (χ2n) is 8.41. The number of carbonyl (C=O) groups is 2. The van der Waals surface area contributed by atoms with Crippen molar-refractivity contribution in [1.82, 2.24) is 19.7 Å². The normalized spacial score (nSPS) is 18.6. The minimum Gasteiger partial charge on any atom is -0.475 e. The average molecular weight is 573 g/mol. The highest BCUT2D eigenvalue weighted by Crippen LogP contribution is 2.46. The van der Waals surface area contributed by atoms with E-state index in [1.54, 1.807) is 0 Å². The smallest absolute Gasteiger partial charge is 0.475 e. The summed E-state index contributed by atoms with van der Waals surface area (Å²) in [7, 11) is 0. The Labute approximate surface area is 217 Å². The fourth-order valence-corrected chi connectivity index (χ4v) is 5.22. The molecular weight excluding hydrogens is 546 g/mol. The first-order chi connectivity index (χ1) is 17.6. The van der Waals surface area contributed by atoms with Gasteiger partial charge in [0.05, 0.1) is 24.6 Å². The summed E-state index contributed by atoms with van der Waals surface area (Å²) in [5.41, 5.74) is 2.34. The zero-order valence-corrected chi connectivity index (χ0v) is 20.9. The predicted octanol–water partition coefficient (Wildman–Crippen LogP) is 3.84. The first-order valence-corrected chi connectivity index (χ1v) is 12.1. The van der Waals surface area contributed by atoms with Crippen molar-refractivity contribution in [3.8, 4) is 0 Å². The molecule has 1 unspecified atom stereocenters. The van der Waals surface area contributed by atoms with Crippen LogP contribution in [0.2, 0.25) is 0 Å². The third-order valence-corrected chi connectivity index (χ3v) is 6.87. The molecule has 212 valence electrons. The zero-order chi connectivity index (χ0) is 28.6. The average Bonchev–Trinajstić information content (AvgIpc) is 3.45. The monoisotopic (exact) mass is 572 g/mol. The van der Waals surface area contributed by atoms with Gasteiger partial charge in [0.25, 0.3) is 0 Å². The lowest BCUT2D eigenvalue weighted by Crippen LogP contribution is -2.58. The number of thioether (sulfide) groups is 1. The highest BCUT2D eigenvalue weighted by Gasteiger charge is 2.49. The number of alkyl halides is 6. The number of rotatable bonds is 6. The largest absolute Gasteiger partial charge is 0.490 e. The van der Waals surface area contributed by atoms with Gasteiger partial charge in [-0.15, -0.1) is 11.8 Å². The molecule has 0 saturated carbocycles. The fourth-order valence-electron chi connectivity index (χ4n) is 3.62. The summed E-state index contributed by atoms with van der Waals surface area (Å²) in [5.74, 6) is -4.41. The molecule has 38 heavy (non-hydrogen) atoms. The van der Waals surface area contributed by atoms with Crippen molar-refractivity contribution in [1.29, 1.82) is 0 Å². The van der Waals surface area contributed by atoms with Crippen LogP contribution in [0, 0.1) is 0 Å². The van der Waals surface area contributed by atoms with E-state index in [1.165, 1.54) is 18.7 Å². The van der Waals surface area contributed by atoms with E-state index in [-0.39, 0.29) is 0 Å². The first-order valence-electron chi connectivity index (χ1n) is 11.1. The summed E-state index contributed by atoms with van der Waals surface area (Å²) in [5, 5.41) is 18.6. The molecule has 2 aromatic heterocycles. The Hall–Kier alpha value is -2.85. The van der Waals surface area contributed by atoms with E-state index in [2.05, 4.69) is 39.9 Å². The second-order valence-corrected chi connectivity index (χ2v) is 9.90. The maximum Gasteiger partial charge on any atom is 0.490 e. The molecule has 9 nitrogen and oxygen atoms in total. The topological polar surface area (TPSA) is 118 Å². The number of hydrogen-bond donors (Lipinski definition) is 2. The van der Waals surface area contributed by atoms with Crippen molar-refractivity contribution in [2.45, 2.75) is 56.2 Å². The van der Waals surface area contributed by atoms with E-state index in [0.29, 0.717) is 17.5 Å². The van der Waals surface area contributed by atoms with Gasteiger partial charge in [0, 0.05) is 54.6 Å². The fraction of sp³-hybridized carbons (Fsp3) is 0.545. The van der Waals surface area contributed by atoms with Crippen molar-refractivity contribution in [3.63, 3.8) is 0 Å². The summed E-state index contributed by atoms with van der Waals surface area (Å²) >= 11 is 2.09. The van der Waals surface area contributed by atoms with Crippen LogP contribution in [0.1, 0.15) is 24.6 Å². The Kier molecular flexibility index (Phi) is 11.0. The number of pyridine rings is 1. The van der Waals surface area contributed by atoms with E-state index in [1.807, 2.05) is 35.3 Å². The Morgan fingerprint density at radius 1 is 1.13 bits per heavy atom. The molecule has 0 radical (unpaired) electrons. The molecule has 16 heteroatoms. The summed E-state index contributed by atoms with van der Waals surface area (Å²) in [4.78, 5) is 24.6. The Balaban J connectivity index is 0.000000301. The van der Waals surface area contributed by atoms with Crippen LogP contribution in [-0.2, 0) is 34.0 Å². The van der Waals surface area contributed by atoms with Gasteiger partial charge in [-0.3, -0.25) is 14.6 Å². The molecule has 2 saturated heterocycles. The van der Waals surface area contributed by atoms with Crippen molar-refractivity contribution in [2.75, 3.05) is 18.8 Å². The SMILES string of the molecule is CCn1cc(CN2CC3(CC(OCc4ccccn4)CS3)C2)cn1.O=C(O)C(F)(F)F.O=C(O)C(F)(F)F. The maximum atomic E-state index is 10.6. The number of aromatic nitrogens is 3. The molecule has 4 heterocycles. The van der Waals surface area contributed by atoms with Gasteiger partial charge < -0.3 is 14.9 Å². The quantitative estimate of drug-likeness (QED) is 0.498. The number of nitrogens with zero attached hydrogens (tertiary/aromatic N) is 4. The number of aliphatic carboxylic acids is 2. The van der Waals surface area contributed by atoms with Crippen LogP contribution >= 0.6 is 11.8 Å². The highest BCUT2D eigenvalue weighted by molar-refractivity contribution is 8.01. The van der Waals surface area contributed by atoms with Crippen molar-refractivity contribution < 1.29 is 50.9 Å². The van der Waals surface area contributed by atoms with Gasteiger partial charge in [0.15, 0.2) is 0 Å². The molecule has 4 rings (SSSR count). The number of ether oxygens (including phenoxy) is 1. The van der Waals surface area contributed by atoms with E-state index in [4.69, 9.17) is 24.5 Å². The van der Waals surface area contributed by atoms with Crippen LogP contribution in [0.3, 0.4) is 0 Å². The van der Waals surface area contributed by atoms with E-state index < -0.39 is 24.3 Å². The van der Waals surface area contributed by atoms with Gasteiger partial charge in [0.2, 0.25) is 0 Å². The number of carboxylic acids is 2. The maximum absolute atomic E-state index is 10.6. The molecule has 2 fully saturated rings. The van der Waals surface area contributed by atoms with Crippen molar-refractivity contribution >= 4 is 23.7 Å². The summed E-state index contributed by atoms with van der Waals surface area (Å²) in [6.07, 6.45) is -2.66. The Morgan fingerprint density at radius 2 is 1.74 bits per heavy atom. The van der Waals surface area contributed by atoms with Crippen LogP contribution < -0.4 is 0 Å². The molecule has 2 aliphatic rings.